The van der Waals surface area contributed by atoms with E-state index in [0.29, 0.717) is 19.4 Å². The van der Waals surface area contributed by atoms with Crippen molar-refractivity contribution in [2.75, 3.05) is 13.1 Å². The van der Waals surface area contributed by atoms with E-state index in [1.165, 1.54) is 4.90 Å². The lowest BCUT2D eigenvalue weighted by atomic mass is 10.2. The first-order valence-electron chi connectivity index (χ1n) is 9.73. The Hall–Kier alpha value is -3.55. The first-order chi connectivity index (χ1) is 14.6. The second-order valence-electron chi connectivity index (χ2n) is 6.74. The summed E-state index contributed by atoms with van der Waals surface area (Å²) in [5, 5.41) is 2.35. The van der Waals surface area contributed by atoms with Crippen molar-refractivity contribution in [2.45, 2.75) is 32.3 Å². The van der Waals surface area contributed by atoms with Crippen molar-refractivity contribution in [3.05, 3.63) is 71.8 Å². The summed E-state index contributed by atoms with van der Waals surface area (Å²) >= 11 is 0. The highest BCUT2D eigenvalue weighted by atomic mass is 16.6. The summed E-state index contributed by atoms with van der Waals surface area (Å²) in [6.45, 7) is 0.339. The van der Waals surface area contributed by atoms with Gasteiger partial charge in [0.15, 0.2) is 6.23 Å². The minimum atomic E-state index is -0.721. The van der Waals surface area contributed by atoms with Crippen molar-refractivity contribution in [1.29, 1.82) is 0 Å². The number of rotatable bonds is 7. The molecule has 1 N–H and O–H groups in total. The van der Waals surface area contributed by atoms with Gasteiger partial charge in [-0.2, -0.15) is 0 Å². The molecule has 1 saturated heterocycles. The molecule has 158 valence electrons. The predicted molar refractivity (Wildman–Crippen MR) is 107 cm³/mol. The molecule has 30 heavy (non-hydrogen) atoms. The highest BCUT2D eigenvalue weighted by Gasteiger charge is 2.32. The zero-order chi connectivity index (χ0) is 21.2. The van der Waals surface area contributed by atoms with Crippen LogP contribution in [0.15, 0.2) is 60.7 Å². The molecule has 0 spiro atoms. The molecule has 2 amide bonds. The van der Waals surface area contributed by atoms with E-state index >= 15 is 0 Å². The van der Waals surface area contributed by atoms with Crippen molar-refractivity contribution >= 4 is 18.2 Å². The van der Waals surface area contributed by atoms with E-state index in [-0.39, 0.29) is 19.8 Å². The van der Waals surface area contributed by atoms with E-state index < -0.39 is 24.4 Å². The number of nitrogens with zero attached hydrogens (tertiary/aromatic N) is 1. The number of hydrogen-bond donors (Lipinski definition) is 1. The number of ether oxygens (including phenoxy) is 3. The highest BCUT2D eigenvalue weighted by molar-refractivity contribution is 5.78. The molecule has 8 nitrogen and oxygen atoms in total. The molecule has 0 radical (unpaired) electrons. The van der Waals surface area contributed by atoms with Gasteiger partial charge < -0.3 is 19.5 Å². The van der Waals surface area contributed by atoms with Crippen LogP contribution in [0.5, 0.6) is 0 Å². The fourth-order valence-corrected chi connectivity index (χ4v) is 2.98. The summed E-state index contributed by atoms with van der Waals surface area (Å²) in [5.41, 5.74) is 1.71. The second-order valence-corrected chi connectivity index (χ2v) is 6.74. The van der Waals surface area contributed by atoms with E-state index in [4.69, 9.17) is 14.2 Å². The number of benzene rings is 2. The van der Waals surface area contributed by atoms with Crippen LogP contribution in [0.25, 0.3) is 0 Å². The van der Waals surface area contributed by atoms with Gasteiger partial charge in [-0.05, 0) is 17.5 Å². The molecular weight excluding hydrogens is 388 g/mol. The van der Waals surface area contributed by atoms with E-state index in [9.17, 15) is 14.4 Å². The molecule has 0 bridgehead atoms. The molecule has 0 aromatic heterocycles. The predicted octanol–water partition coefficient (Wildman–Crippen LogP) is 3.21. The molecule has 1 aliphatic heterocycles. The number of carbonyl (C=O) groups excluding carboxylic acids is 3. The van der Waals surface area contributed by atoms with Crippen LogP contribution in [0.1, 0.15) is 24.0 Å². The first kappa shape index (κ1) is 21.2. The van der Waals surface area contributed by atoms with E-state index in [0.717, 1.165) is 11.1 Å². The first-order valence-corrected chi connectivity index (χ1v) is 9.73. The topological polar surface area (TPSA) is 94.2 Å². The number of esters is 1. The van der Waals surface area contributed by atoms with Crippen LogP contribution >= 0.6 is 0 Å². The molecular formula is C22H24N2O6. The fourth-order valence-electron chi connectivity index (χ4n) is 2.98. The fraction of sp³-hybridized carbons (Fsp3) is 0.318. The Morgan fingerprint density at radius 3 is 2.13 bits per heavy atom. The van der Waals surface area contributed by atoms with Crippen LogP contribution in [0, 0.1) is 0 Å². The van der Waals surface area contributed by atoms with Gasteiger partial charge in [0.2, 0.25) is 0 Å². The molecule has 3 rings (SSSR count). The third-order valence-electron chi connectivity index (χ3n) is 4.49. The van der Waals surface area contributed by atoms with Crippen LogP contribution in [-0.4, -0.2) is 42.4 Å². The quantitative estimate of drug-likeness (QED) is 0.554. The summed E-state index contributed by atoms with van der Waals surface area (Å²) < 4.78 is 15.7. The summed E-state index contributed by atoms with van der Waals surface area (Å²) in [5.74, 6) is -0.653. The number of alkyl carbamates (subject to hydrolysis) is 1. The second kappa shape index (κ2) is 10.8. The Kier molecular flexibility index (Phi) is 7.65. The largest absolute Gasteiger partial charge is 0.445 e. The Morgan fingerprint density at radius 1 is 0.900 bits per heavy atom. The standard InChI is InChI=1S/C22H24N2O6/c25-20(14-23-21(26)28-15-17-8-3-1-4-9-17)30-19-12-7-13-24(19)22(27)29-16-18-10-5-2-6-11-18/h1-6,8-11,19H,7,12-16H2,(H,23,26). The average Bonchev–Trinajstić information content (AvgIpc) is 3.24. The maximum absolute atomic E-state index is 12.3. The zero-order valence-electron chi connectivity index (χ0n) is 16.5. The van der Waals surface area contributed by atoms with E-state index in [1.54, 1.807) is 0 Å². The van der Waals surface area contributed by atoms with Crippen molar-refractivity contribution in [3.8, 4) is 0 Å². The summed E-state index contributed by atoms with van der Waals surface area (Å²) in [7, 11) is 0. The van der Waals surface area contributed by atoms with Gasteiger partial charge in [0, 0.05) is 13.0 Å². The molecule has 0 aliphatic carbocycles. The highest BCUT2D eigenvalue weighted by Crippen LogP contribution is 2.20. The number of hydrogen-bond acceptors (Lipinski definition) is 6. The van der Waals surface area contributed by atoms with Crippen molar-refractivity contribution in [2.24, 2.45) is 0 Å². The van der Waals surface area contributed by atoms with Gasteiger partial charge in [0.25, 0.3) is 0 Å². The van der Waals surface area contributed by atoms with E-state index in [2.05, 4.69) is 5.32 Å². The summed E-state index contributed by atoms with van der Waals surface area (Å²) in [4.78, 5) is 37.5. The van der Waals surface area contributed by atoms with Gasteiger partial charge in [-0.1, -0.05) is 60.7 Å². The average molecular weight is 412 g/mol. The zero-order valence-corrected chi connectivity index (χ0v) is 16.5. The Morgan fingerprint density at radius 2 is 1.50 bits per heavy atom. The SMILES string of the molecule is O=C(CNC(=O)OCc1ccccc1)OC1CCCN1C(=O)OCc1ccccc1. The van der Waals surface area contributed by atoms with E-state index in [1.807, 2.05) is 60.7 Å². The number of nitrogens with one attached hydrogen (secondary N) is 1. The van der Waals surface area contributed by atoms with Gasteiger partial charge in [0.05, 0.1) is 0 Å². The lowest BCUT2D eigenvalue weighted by Crippen LogP contribution is -2.41. The molecule has 1 atom stereocenters. The maximum atomic E-state index is 12.3. The minimum absolute atomic E-state index is 0.103. The van der Waals surface area contributed by atoms with Crippen molar-refractivity contribution in [1.82, 2.24) is 10.2 Å². The smallest absolute Gasteiger partial charge is 0.413 e. The van der Waals surface area contributed by atoms with Crippen LogP contribution < -0.4 is 5.32 Å². The third-order valence-corrected chi connectivity index (χ3v) is 4.49. The maximum Gasteiger partial charge on any atom is 0.413 e. The van der Waals surface area contributed by atoms with Crippen LogP contribution in [-0.2, 0) is 32.2 Å². The number of amides is 2. The van der Waals surface area contributed by atoms with Gasteiger partial charge >= 0.3 is 18.2 Å². The summed E-state index contributed by atoms with van der Waals surface area (Å²) in [6, 6.07) is 18.5. The molecule has 0 saturated carbocycles. The van der Waals surface area contributed by atoms with Crippen molar-refractivity contribution < 1.29 is 28.6 Å². The molecule has 1 aliphatic rings. The van der Waals surface area contributed by atoms with Gasteiger partial charge in [-0.3, -0.25) is 9.69 Å². The molecule has 1 fully saturated rings. The number of likely N-dealkylation sites (tertiary alicyclic amines) is 1. The Labute approximate surface area is 174 Å². The molecule has 1 unspecified atom stereocenters. The summed E-state index contributed by atoms with van der Waals surface area (Å²) in [6.07, 6.45) is -0.746. The minimum Gasteiger partial charge on any atom is -0.445 e. The van der Waals surface area contributed by atoms with Gasteiger partial charge in [0.1, 0.15) is 19.8 Å². The molecule has 1 heterocycles. The van der Waals surface area contributed by atoms with Gasteiger partial charge in [-0.15, -0.1) is 0 Å². The molecule has 2 aromatic rings. The lowest BCUT2D eigenvalue weighted by Gasteiger charge is -2.23. The van der Waals surface area contributed by atoms with Crippen molar-refractivity contribution in [3.63, 3.8) is 0 Å². The lowest BCUT2D eigenvalue weighted by molar-refractivity contribution is -0.153. The number of carbonyl (C=O) groups is 3. The molecule has 8 heteroatoms. The Bertz CT molecular complexity index is 843. The van der Waals surface area contributed by atoms with Crippen LogP contribution in [0.3, 0.4) is 0 Å². The normalized spacial score (nSPS) is 15.3. The monoisotopic (exact) mass is 412 g/mol. The van der Waals surface area contributed by atoms with Gasteiger partial charge in [-0.25, -0.2) is 9.59 Å². The van der Waals surface area contributed by atoms with Crippen LogP contribution in [0.4, 0.5) is 9.59 Å². The molecule has 2 aromatic carbocycles. The Balaban J connectivity index is 1.38. The third kappa shape index (κ3) is 6.51. The van der Waals surface area contributed by atoms with Crippen LogP contribution in [0.2, 0.25) is 0 Å².